The number of ether oxygens (including phenoxy) is 6. The molecular weight excluding hydrogens is 556 g/mol. The lowest BCUT2D eigenvalue weighted by molar-refractivity contribution is -0.222. The lowest BCUT2D eigenvalue weighted by atomic mass is 9.54. The van der Waals surface area contributed by atoms with Gasteiger partial charge in [0.25, 0.3) is 0 Å². The molecule has 1 saturated carbocycles. The van der Waals surface area contributed by atoms with Crippen LogP contribution in [0.1, 0.15) is 60.8 Å². The van der Waals surface area contributed by atoms with Crippen LogP contribution in [0.5, 0.6) is 0 Å². The summed E-state index contributed by atoms with van der Waals surface area (Å²) in [5.41, 5.74) is -3.72. The number of hydrogen-bond donors (Lipinski definition) is 1. The topological polar surface area (TPSA) is 178 Å². The van der Waals surface area contributed by atoms with Crippen LogP contribution in [0.4, 0.5) is 0 Å². The molecule has 3 aliphatic rings. The first kappa shape index (κ1) is 32.8. The third kappa shape index (κ3) is 5.92. The summed E-state index contributed by atoms with van der Waals surface area (Å²) in [6.45, 7) is 11.7. The van der Waals surface area contributed by atoms with Crippen molar-refractivity contribution in [3.8, 4) is 0 Å². The summed E-state index contributed by atoms with van der Waals surface area (Å²) < 4.78 is 33.3. The second-order valence-corrected chi connectivity index (χ2v) is 11.2. The molecule has 9 atom stereocenters. The van der Waals surface area contributed by atoms with E-state index in [0.717, 1.165) is 34.0 Å². The van der Waals surface area contributed by atoms with E-state index in [4.69, 9.17) is 28.4 Å². The first-order valence-electron chi connectivity index (χ1n) is 13.6. The highest BCUT2D eigenvalue weighted by Gasteiger charge is 2.68. The minimum absolute atomic E-state index is 0.209. The average Bonchev–Trinajstić information content (AvgIpc) is 3.09. The van der Waals surface area contributed by atoms with Crippen LogP contribution in [0.25, 0.3) is 0 Å². The molecule has 0 amide bonds. The highest BCUT2D eigenvalue weighted by Crippen LogP contribution is 2.56. The normalized spacial score (nSPS) is 37.4. The number of esters is 6. The Balaban J connectivity index is 2.49. The van der Waals surface area contributed by atoms with Gasteiger partial charge in [0.1, 0.15) is 24.4 Å². The summed E-state index contributed by atoms with van der Waals surface area (Å²) in [6, 6.07) is 0. The Bertz CT molecular complexity index is 1200. The number of methoxy groups -OCH3 is 1. The molecule has 232 valence electrons. The zero-order valence-electron chi connectivity index (χ0n) is 24.8. The van der Waals surface area contributed by atoms with Crippen LogP contribution in [0.3, 0.4) is 0 Å². The summed E-state index contributed by atoms with van der Waals surface area (Å²) in [4.78, 5) is 75.8. The van der Waals surface area contributed by atoms with Crippen LogP contribution >= 0.6 is 0 Å². The summed E-state index contributed by atoms with van der Waals surface area (Å²) in [7, 11) is 1.08. The van der Waals surface area contributed by atoms with Gasteiger partial charge in [0.2, 0.25) is 0 Å². The highest BCUT2D eigenvalue weighted by atomic mass is 16.6. The maximum Gasteiger partial charge on any atom is 0.337 e. The van der Waals surface area contributed by atoms with Crippen molar-refractivity contribution in [2.24, 2.45) is 17.3 Å². The van der Waals surface area contributed by atoms with Crippen LogP contribution in [0, 0.1) is 17.3 Å². The molecule has 13 nitrogen and oxygen atoms in total. The monoisotopic (exact) mass is 594 g/mol. The molecule has 0 aromatic heterocycles. The van der Waals surface area contributed by atoms with E-state index in [0.29, 0.717) is 5.57 Å². The zero-order valence-corrected chi connectivity index (χ0v) is 24.8. The molecule has 1 aliphatic heterocycles. The summed E-state index contributed by atoms with van der Waals surface area (Å²) >= 11 is 0. The summed E-state index contributed by atoms with van der Waals surface area (Å²) in [5, 5.41) is 12.4. The standard InChI is InChI=1S/C29H38O13/c1-13-9-10-21(39-16(4)31)28(7)22(40-17(5)32)12-20(38-15(3)30)19(27(35)37-8)11-23-29(36,14(2)26(34)42-23)25(24(13)28)41-18(6)33/h11,14,20-25,36H,1,9-10,12H2,2-8H3/b19-11+/t14-,20+,21-,22-,23-,24+,25-,28+,29+/m0/s1. The van der Waals surface area contributed by atoms with E-state index in [1.807, 2.05) is 0 Å². The van der Waals surface area contributed by atoms with Gasteiger partial charge in [0.15, 0.2) is 11.7 Å². The number of hydrogen-bond acceptors (Lipinski definition) is 13. The molecule has 1 saturated heterocycles. The maximum absolute atomic E-state index is 13.1. The molecule has 1 heterocycles. The predicted molar refractivity (Wildman–Crippen MR) is 141 cm³/mol. The molecule has 42 heavy (non-hydrogen) atoms. The third-order valence-corrected chi connectivity index (χ3v) is 8.47. The molecule has 0 spiro atoms. The van der Waals surface area contributed by atoms with Crippen LogP contribution in [-0.2, 0) is 57.2 Å². The van der Waals surface area contributed by atoms with Crippen molar-refractivity contribution in [1.82, 2.24) is 0 Å². The van der Waals surface area contributed by atoms with Gasteiger partial charge in [-0.2, -0.15) is 0 Å². The fourth-order valence-corrected chi connectivity index (χ4v) is 6.55. The summed E-state index contributed by atoms with van der Waals surface area (Å²) in [5.74, 6) is -7.30. The SMILES string of the molecule is C=C1CC[C@H](OC(C)=O)[C@]2(C)[C@@H](OC(C)=O)C[C@@H](OC(C)=O)/C(C(=O)OC)=C\[C@@H]3OC(=O)[C@H](C)[C@]3(O)[C@@H](OC(C)=O)[C@@H]12. The molecule has 2 fully saturated rings. The highest BCUT2D eigenvalue weighted by molar-refractivity contribution is 5.90. The van der Waals surface area contributed by atoms with Gasteiger partial charge in [-0.25, -0.2) is 4.79 Å². The van der Waals surface area contributed by atoms with Crippen LogP contribution in [0.2, 0.25) is 0 Å². The number of fused-ring (bicyclic) bond motifs is 2. The van der Waals surface area contributed by atoms with E-state index >= 15 is 0 Å². The van der Waals surface area contributed by atoms with Crippen molar-refractivity contribution in [3.63, 3.8) is 0 Å². The Labute approximate surface area is 243 Å². The van der Waals surface area contributed by atoms with Gasteiger partial charge in [0.05, 0.1) is 24.0 Å². The second kappa shape index (κ2) is 12.2. The average molecular weight is 595 g/mol. The quantitative estimate of drug-likeness (QED) is 0.275. The number of aliphatic hydroxyl groups is 1. The Hall–Kier alpha value is -3.74. The van der Waals surface area contributed by atoms with Gasteiger partial charge in [-0.3, -0.25) is 24.0 Å². The van der Waals surface area contributed by atoms with Crippen LogP contribution in [-0.4, -0.2) is 84.2 Å². The largest absolute Gasteiger partial charge is 0.466 e. The molecule has 1 N–H and O–H groups in total. The van der Waals surface area contributed by atoms with Crippen molar-refractivity contribution in [2.75, 3.05) is 7.11 Å². The number of carbonyl (C=O) groups excluding carboxylic acids is 6. The van der Waals surface area contributed by atoms with Gasteiger partial charge in [0, 0.05) is 40.0 Å². The van der Waals surface area contributed by atoms with E-state index in [1.165, 1.54) is 13.8 Å². The van der Waals surface area contributed by atoms with E-state index < -0.39 is 89.2 Å². The van der Waals surface area contributed by atoms with E-state index in [2.05, 4.69) is 6.58 Å². The molecule has 0 radical (unpaired) electrons. The Kier molecular flexibility index (Phi) is 9.55. The lowest BCUT2D eigenvalue weighted by Crippen LogP contribution is -2.66. The van der Waals surface area contributed by atoms with Gasteiger partial charge >= 0.3 is 35.8 Å². The van der Waals surface area contributed by atoms with Gasteiger partial charge in [-0.15, -0.1) is 0 Å². The number of rotatable bonds is 5. The Morgan fingerprint density at radius 1 is 0.952 bits per heavy atom. The zero-order chi connectivity index (χ0) is 31.7. The molecule has 0 unspecified atom stereocenters. The van der Waals surface area contributed by atoms with Crippen molar-refractivity contribution in [3.05, 3.63) is 23.8 Å². The minimum Gasteiger partial charge on any atom is -0.466 e. The van der Waals surface area contributed by atoms with Crippen LogP contribution < -0.4 is 0 Å². The van der Waals surface area contributed by atoms with Crippen molar-refractivity contribution < 1.29 is 62.3 Å². The van der Waals surface area contributed by atoms with Crippen molar-refractivity contribution in [1.29, 1.82) is 0 Å². The molecule has 2 aliphatic carbocycles. The third-order valence-electron chi connectivity index (χ3n) is 8.47. The molecular formula is C29H38O13. The predicted octanol–water partition coefficient (Wildman–Crippen LogP) is 1.48. The van der Waals surface area contributed by atoms with Crippen molar-refractivity contribution >= 4 is 35.8 Å². The first-order valence-corrected chi connectivity index (χ1v) is 13.6. The minimum atomic E-state index is -2.33. The van der Waals surface area contributed by atoms with Gasteiger partial charge in [-0.05, 0) is 25.8 Å². The van der Waals surface area contributed by atoms with Crippen molar-refractivity contribution in [2.45, 2.75) is 96.9 Å². The van der Waals surface area contributed by atoms with E-state index in [1.54, 1.807) is 6.92 Å². The first-order chi connectivity index (χ1) is 19.5. The fourth-order valence-electron chi connectivity index (χ4n) is 6.55. The second-order valence-electron chi connectivity index (χ2n) is 11.2. The fraction of sp³-hybridized carbons (Fsp3) is 0.655. The molecule has 0 bridgehead atoms. The molecule has 13 heteroatoms. The smallest absolute Gasteiger partial charge is 0.337 e. The summed E-state index contributed by atoms with van der Waals surface area (Å²) in [6.07, 6.45) is -5.68. The van der Waals surface area contributed by atoms with E-state index in [9.17, 15) is 33.9 Å². The van der Waals surface area contributed by atoms with Crippen LogP contribution in [0.15, 0.2) is 23.8 Å². The van der Waals surface area contributed by atoms with Gasteiger partial charge < -0.3 is 33.5 Å². The molecule has 0 aromatic carbocycles. The molecule has 3 rings (SSSR count). The Morgan fingerprint density at radius 3 is 2.02 bits per heavy atom. The maximum atomic E-state index is 13.1. The van der Waals surface area contributed by atoms with Gasteiger partial charge in [-0.1, -0.05) is 19.1 Å². The van der Waals surface area contributed by atoms with E-state index in [-0.39, 0.29) is 24.8 Å². The molecule has 0 aromatic rings. The number of carbonyl (C=O) groups is 6. The Morgan fingerprint density at radius 2 is 1.50 bits per heavy atom. The lowest BCUT2D eigenvalue weighted by Gasteiger charge is -2.55.